The van der Waals surface area contributed by atoms with Crippen LogP contribution in [0, 0.1) is 5.92 Å². The van der Waals surface area contributed by atoms with Crippen LogP contribution in [0.25, 0.3) is 0 Å². The number of piperidine rings is 1. The van der Waals surface area contributed by atoms with Crippen LogP contribution in [0.3, 0.4) is 0 Å². The van der Waals surface area contributed by atoms with Crippen molar-refractivity contribution >= 4 is 11.7 Å². The van der Waals surface area contributed by atoms with E-state index in [1.54, 1.807) is 24.5 Å². The molecule has 0 radical (unpaired) electrons. The van der Waals surface area contributed by atoms with E-state index in [0.717, 1.165) is 44.5 Å². The first-order valence-corrected chi connectivity index (χ1v) is 9.57. The minimum absolute atomic E-state index is 0.0333. The van der Waals surface area contributed by atoms with Gasteiger partial charge >= 0.3 is 6.03 Å². The van der Waals surface area contributed by atoms with Gasteiger partial charge in [0.25, 0.3) is 0 Å². The van der Waals surface area contributed by atoms with Crippen molar-refractivity contribution in [3.63, 3.8) is 0 Å². The molecule has 1 aliphatic heterocycles. The Bertz CT molecular complexity index is 524. The Morgan fingerprint density at radius 2 is 2.04 bits per heavy atom. The molecule has 5 nitrogen and oxygen atoms in total. The van der Waals surface area contributed by atoms with Gasteiger partial charge in [-0.15, -0.1) is 0 Å². The number of nitrogens with one attached hydrogen (secondary N) is 1. The van der Waals surface area contributed by atoms with Crippen molar-refractivity contribution in [1.29, 1.82) is 0 Å². The summed E-state index contributed by atoms with van der Waals surface area (Å²) in [6.07, 6.45) is 15.8. The number of hydrogen-bond donors (Lipinski definition) is 2. The summed E-state index contributed by atoms with van der Waals surface area (Å²) in [6.45, 7) is 3.77. The molecule has 5 heteroatoms. The van der Waals surface area contributed by atoms with Gasteiger partial charge in [-0.25, -0.2) is 4.79 Å². The van der Waals surface area contributed by atoms with Gasteiger partial charge in [-0.1, -0.05) is 31.9 Å². The minimum atomic E-state index is -0.0333. The van der Waals surface area contributed by atoms with Crippen LogP contribution < -0.4 is 11.1 Å². The summed E-state index contributed by atoms with van der Waals surface area (Å²) in [5.74, 6) is 0.505. The Balaban J connectivity index is 1.67. The number of rotatable bonds is 8. The van der Waals surface area contributed by atoms with Crippen LogP contribution in [-0.4, -0.2) is 35.0 Å². The van der Waals surface area contributed by atoms with Crippen LogP contribution in [0.4, 0.5) is 10.5 Å². The molecule has 3 N–H and O–H groups in total. The lowest BCUT2D eigenvalue weighted by Gasteiger charge is -2.34. The molecule has 0 unspecified atom stereocenters. The standard InChI is InChI=1S/C20H32N4O/c1-2-3-4-5-6-7-8-19(21)17-11-15-24(16-12-17)20(25)23-18-9-13-22-14-10-18/h6-7,9-10,13-14,17,19H,2-5,8,11-12,15-16,21H2,1H3,(H,22,23,25)/b7-6+/t19-/m1/s1. The molecule has 2 heterocycles. The van der Waals surface area contributed by atoms with Crippen molar-refractivity contribution in [3.05, 3.63) is 36.7 Å². The third-order valence-electron chi connectivity index (χ3n) is 4.91. The molecule has 138 valence electrons. The first kappa shape index (κ1) is 19.4. The third kappa shape index (κ3) is 6.86. The molecule has 2 rings (SSSR count). The van der Waals surface area contributed by atoms with Crippen LogP contribution in [0.5, 0.6) is 0 Å². The zero-order chi connectivity index (χ0) is 17.9. The first-order valence-electron chi connectivity index (χ1n) is 9.57. The number of carbonyl (C=O) groups excluding carboxylic acids is 1. The highest BCUT2D eigenvalue weighted by Crippen LogP contribution is 2.22. The molecule has 0 aromatic carbocycles. The van der Waals surface area contributed by atoms with Crippen molar-refractivity contribution < 1.29 is 4.79 Å². The normalized spacial score (nSPS) is 17.0. The number of unbranched alkanes of at least 4 members (excludes halogenated alkanes) is 3. The molecule has 2 amide bonds. The fourth-order valence-electron chi connectivity index (χ4n) is 3.24. The number of aromatic nitrogens is 1. The summed E-state index contributed by atoms with van der Waals surface area (Å²) >= 11 is 0. The summed E-state index contributed by atoms with van der Waals surface area (Å²) in [4.78, 5) is 18.1. The maximum Gasteiger partial charge on any atom is 0.321 e. The number of likely N-dealkylation sites (tertiary alicyclic amines) is 1. The zero-order valence-corrected chi connectivity index (χ0v) is 15.4. The van der Waals surface area contributed by atoms with Gasteiger partial charge in [-0.2, -0.15) is 0 Å². The predicted octanol–water partition coefficient (Wildman–Crippen LogP) is 4.18. The fourth-order valence-corrected chi connectivity index (χ4v) is 3.24. The smallest absolute Gasteiger partial charge is 0.321 e. The number of allylic oxidation sites excluding steroid dienone is 1. The van der Waals surface area contributed by atoms with E-state index >= 15 is 0 Å². The minimum Gasteiger partial charge on any atom is -0.327 e. The van der Waals surface area contributed by atoms with Gasteiger partial charge in [-0.3, -0.25) is 4.98 Å². The van der Waals surface area contributed by atoms with E-state index in [2.05, 4.69) is 29.4 Å². The van der Waals surface area contributed by atoms with Gasteiger partial charge in [0, 0.05) is 37.2 Å². The number of anilines is 1. The van der Waals surface area contributed by atoms with E-state index in [0.29, 0.717) is 5.92 Å². The topological polar surface area (TPSA) is 71.2 Å². The zero-order valence-electron chi connectivity index (χ0n) is 15.4. The maximum absolute atomic E-state index is 12.3. The summed E-state index contributed by atoms with van der Waals surface area (Å²) in [5.41, 5.74) is 7.14. The first-order chi connectivity index (χ1) is 12.2. The SMILES string of the molecule is CCCCC/C=C/C[C@@H](N)C1CCN(C(=O)Nc2ccncc2)CC1. The van der Waals surface area contributed by atoms with Gasteiger partial charge < -0.3 is 16.0 Å². The molecular formula is C20H32N4O. The maximum atomic E-state index is 12.3. The monoisotopic (exact) mass is 344 g/mol. The van der Waals surface area contributed by atoms with Gasteiger partial charge in [-0.05, 0) is 50.2 Å². The quantitative estimate of drug-likeness (QED) is 0.549. The van der Waals surface area contributed by atoms with Crippen LogP contribution in [0.1, 0.15) is 51.9 Å². The second kappa shape index (κ2) is 10.9. The van der Waals surface area contributed by atoms with Crippen molar-refractivity contribution in [2.24, 2.45) is 11.7 Å². The Morgan fingerprint density at radius 3 is 2.72 bits per heavy atom. The van der Waals surface area contributed by atoms with Crippen molar-refractivity contribution in [1.82, 2.24) is 9.88 Å². The lowest BCUT2D eigenvalue weighted by molar-refractivity contribution is 0.174. The largest absolute Gasteiger partial charge is 0.327 e. The Hall–Kier alpha value is -1.88. The number of pyridine rings is 1. The van der Waals surface area contributed by atoms with Gasteiger partial charge in [0.1, 0.15) is 0 Å². The lowest BCUT2D eigenvalue weighted by atomic mass is 9.88. The summed E-state index contributed by atoms with van der Waals surface area (Å²) in [5, 5.41) is 2.92. The molecule has 1 saturated heterocycles. The summed E-state index contributed by atoms with van der Waals surface area (Å²) in [6, 6.07) is 3.77. The number of urea groups is 1. The van der Waals surface area contributed by atoms with Crippen LogP contribution in [-0.2, 0) is 0 Å². The highest BCUT2D eigenvalue weighted by atomic mass is 16.2. The third-order valence-corrected chi connectivity index (χ3v) is 4.91. The van der Waals surface area contributed by atoms with Gasteiger partial charge in [0.15, 0.2) is 0 Å². The summed E-state index contributed by atoms with van der Waals surface area (Å²) in [7, 11) is 0. The molecule has 1 aromatic heterocycles. The van der Waals surface area contributed by atoms with Crippen LogP contribution in [0.2, 0.25) is 0 Å². The van der Waals surface area contributed by atoms with E-state index < -0.39 is 0 Å². The molecule has 0 bridgehead atoms. The predicted molar refractivity (Wildman–Crippen MR) is 103 cm³/mol. The van der Waals surface area contributed by atoms with E-state index in [4.69, 9.17) is 5.73 Å². The molecule has 1 atom stereocenters. The Kier molecular flexibility index (Phi) is 8.46. The molecule has 0 aliphatic carbocycles. The number of amides is 2. The van der Waals surface area contributed by atoms with Crippen molar-refractivity contribution in [3.8, 4) is 0 Å². The average molecular weight is 345 g/mol. The molecule has 1 fully saturated rings. The number of carbonyl (C=O) groups is 1. The van der Waals surface area contributed by atoms with Crippen LogP contribution >= 0.6 is 0 Å². The molecular weight excluding hydrogens is 312 g/mol. The number of nitrogens with zero attached hydrogens (tertiary/aromatic N) is 2. The van der Waals surface area contributed by atoms with E-state index in [-0.39, 0.29) is 12.1 Å². The summed E-state index contributed by atoms with van der Waals surface area (Å²) < 4.78 is 0. The number of hydrogen-bond acceptors (Lipinski definition) is 3. The Labute approximate surface area is 151 Å². The van der Waals surface area contributed by atoms with Crippen LogP contribution in [0.15, 0.2) is 36.7 Å². The second-order valence-electron chi connectivity index (χ2n) is 6.86. The molecule has 25 heavy (non-hydrogen) atoms. The highest BCUT2D eigenvalue weighted by Gasteiger charge is 2.26. The highest BCUT2D eigenvalue weighted by molar-refractivity contribution is 5.89. The van der Waals surface area contributed by atoms with Crippen molar-refractivity contribution in [2.45, 2.75) is 57.9 Å². The molecule has 1 aliphatic rings. The average Bonchev–Trinajstić information content (AvgIpc) is 2.65. The lowest BCUT2D eigenvalue weighted by Crippen LogP contribution is -2.44. The van der Waals surface area contributed by atoms with Gasteiger partial charge in [0.05, 0.1) is 0 Å². The number of nitrogens with two attached hydrogens (primary N) is 1. The van der Waals surface area contributed by atoms with E-state index in [1.807, 2.05) is 4.90 Å². The Morgan fingerprint density at radius 1 is 1.32 bits per heavy atom. The van der Waals surface area contributed by atoms with E-state index in [9.17, 15) is 4.79 Å². The van der Waals surface area contributed by atoms with Crippen molar-refractivity contribution in [2.75, 3.05) is 18.4 Å². The van der Waals surface area contributed by atoms with E-state index in [1.165, 1.54) is 19.3 Å². The van der Waals surface area contributed by atoms with Gasteiger partial charge in [0.2, 0.25) is 0 Å². The molecule has 0 saturated carbocycles. The fraction of sp³-hybridized carbons (Fsp3) is 0.600. The molecule has 1 aromatic rings. The molecule has 0 spiro atoms. The second-order valence-corrected chi connectivity index (χ2v) is 6.86.